The maximum Gasteiger partial charge on any atom is 0.159 e. The molecule has 7 rings (SSSR count). The first-order chi connectivity index (χ1) is 19.6. The Kier molecular flexibility index (Phi) is 6.09. The van der Waals surface area contributed by atoms with E-state index in [4.69, 9.17) is 14.5 Å². The van der Waals surface area contributed by atoms with Crippen LogP contribution < -0.4 is 14.8 Å². The average Bonchev–Trinajstić information content (AvgIpc) is 3.61. The van der Waals surface area contributed by atoms with Crippen LogP contribution in [-0.2, 0) is 0 Å². The van der Waals surface area contributed by atoms with Gasteiger partial charge in [0.05, 0.1) is 41.7 Å². The number of ether oxygens (including phenoxy) is 2. The van der Waals surface area contributed by atoms with Gasteiger partial charge in [0.15, 0.2) is 5.82 Å². The molecule has 0 spiro atoms. The van der Waals surface area contributed by atoms with Crippen molar-refractivity contribution in [3.8, 4) is 45.4 Å². The van der Waals surface area contributed by atoms with Gasteiger partial charge in [-0.1, -0.05) is 12.1 Å². The summed E-state index contributed by atoms with van der Waals surface area (Å²) in [5.41, 5.74) is 6.04. The second-order valence-electron chi connectivity index (χ2n) is 9.83. The van der Waals surface area contributed by atoms with Gasteiger partial charge in [-0.3, -0.25) is 15.1 Å². The molecule has 0 atom stereocenters. The topological polar surface area (TPSA) is 114 Å². The summed E-state index contributed by atoms with van der Waals surface area (Å²) in [6, 6.07) is 14.3. The Balaban J connectivity index is 1.26. The molecule has 0 aliphatic carbocycles. The molecule has 2 aromatic carbocycles. The van der Waals surface area contributed by atoms with E-state index in [-0.39, 0.29) is 11.9 Å². The van der Waals surface area contributed by atoms with Gasteiger partial charge in [0.1, 0.15) is 29.1 Å². The molecule has 5 heterocycles. The zero-order valence-corrected chi connectivity index (χ0v) is 21.7. The van der Waals surface area contributed by atoms with Gasteiger partial charge in [0, 0.05) is 28.8 Å². The monoisotopic (exact) mass is 535 g/mol. The molecule has 1 aliphatic rings. The lowest BCUT2D eigenvalue weighted by Gasteiger charge is -2.23. The van der Waals surface area contributed by atoms with Gasteiger partial charge in [-0.2, -0.15) is 5.10 Å². The van der Waals surface area contributed by atoms with Crippen molar-refractivity contribution >= 4 is 21.9 Å². The molecule has 0 amide bonds. The van der Waals surface area contributed by atoms with Crippen LogP contribution in [-0.4, -0.2) is 56.4 Å². The molecular weight excluding hydrogens is 509 g/mol. The molecule has 40 heavy (non-hydrogen) atoms. The summed E-state index contributed by atoms with van der Waals surface area (Å²) >= 11 is 0. The van der Waals surface area contributed by atoms with Crippen molar-refractivity contribution in [3.05, 3.63) is 72.9 Å². The van der Waals surface area contributed by atoms with Crippen LogP contribution in [0.4, 0.5) is 4.39 Å². The molecule has 0 saturated carbocycles. The van der Waals surface area contributed by atoms with Crippen LogP contribution in [0.3, 0.4) is 0 Å². The minimum Gasteiger partial charge on any atom is -0.497 e. The predicted molar refractivity (Wildman–Crippen MR) is 151 cm³/mol. The lowest BCUT2D eigenvalue weighted by Crippen LogP contribution is -2.34. The second-order valence-corrected chi connectivity index (χ2v) is 9.83. The van der Waals surface area contributed by atoms with Crippen LogP contribution in [0.2, 0.25) is 0 Å². The molecule has 200 valence electrons. The number of H-pyrrole nitrogens is 2. The van der Waals surface area contributed by atoms with Gasteiger partial charge < -0.3 is 19.8 Å². The zero-order valence-electron chi connectivity index (χ0n) is 21.7. The summed E-state index contributed by atoms with van der Waals surface area (Å²) in [6.45, 7) is 1.91. The molecule has 0 radical (unpaired) electrons. The van der Waals surface area contributed by atoms with Crippen LogP contribution in [0.15, 0.2) is 67.1 Å². The Labute approximate surface area is 228 Å². The smallest absolute Gasteiger partial charge is 0.159 e. The molecule has 4 aromatic heterocycles. The number of nitrogens with one attached hydrogen (secondary N) is 3. The summed E-state index contributed by atoms with van der Waals surface area (Å²) in [4.78, 5) is 17.3. The van der Waals surface area contributed by atoms with Crippen molar-refractivity contribution < 1.29 is 13.9 Å². The third kappa shape index (κ3) is 4.52. The number of halogens is 1. The Hall–Kier alpha value is -4.83. The number of hydrogen-bond acceptors (Lipinski definition) is 7. The number of aromatic nitrogens is 6. The Bertz CT molecular complexity index is 1840. The third-order valence-corrected chi connectivity index (χ3v) is 7.20. The molecule has 3 N–H and O–H groups in total. The number of aromatic amines is 2. The maximum absolute atomic E-state index is 14.3. The number of methoxy groups -OCH3 is 1. The van der Waals surface area contributed by atoms with E-state index in [0.717, 1.165) is 64.9 Å². The second kappa shape index (κ2) is 10.0. The fraction of sp³-hybridized carbons (Fsp3) is 0.200. The number of pyridine rings is 2. The Morgan fingerprint density at radius 2 is 1.80 bits per heavy atom. The maximum atomic E-state index is 14.3. The first-order valence-electron chi connectivity index (χ1n) is 13.2. The number of piperidine rings is 1. The van der Waals surface area contributed by atoms with E-state index in [2.05, 4.69) is 30.5 Å². The summed E-state index contributed by atoms with van der Waals surface area (Å²) < 4.78 is 25.7. The number of para-hydroxylation sites is 1. The van der Waals surface area contributed by atoms with Crippen molar-refractivity contribution in [3.63, 3.8) is 0 Å². The summed E-state index contributed by atoms with van der Waals surface area (Å²) in [5.74, 6) is 1.40. The number of nitrogens with zero attached hydrogens (tertiary/aromatic N) is 4. The van der Waals surface area contributed by atoms with Crippen LogP contribution in [0.1, 0.15) is 12.8 Å². The van der Waals surface area contributed by atoms with E-state index in [1.54, 1.807) is 24.7 Å². The van der Waals surface area contributed by atoms with Crippen molar-refractivity contribution in [2.45, 2.75) is 18.9 Å². The lowest BCUT2D eigenvalue weighted by atomic mass is 10.0. The van der Waals surface area contributed by atoms with E-state index in [1.807, 2.05) is 30.3 Å². The van der Waals surface area contributed by atoms with E-state index < -0.39 is 0 Å². The largest absolute Gasteiger partial charge is 0.497 e. The normalized spacial score (nSPS) is 14.2. The van der Waals surface area contributed by atoms with Crippen molar-refractivity contribution in [1.29, 1.82) is 0 Å². The van der Waals surface area contributed by atoms with Gasteiger partial charge in [-0.05, 0) is 61.8 Å². The molecule has 6 aromatic rings. The number of hydrogen-bond donors (Lipinski definition) is 3. The summed E-state index contributed by atoms with van der Waals surface area (Å²) in [6.07, 6.45) is 7.41. The molecule has 10 heteroatoms. The molecular formula is C30H26FN7O2. The summed E-state index contributed by atoms with van der Waals surface area (Å²) in [7, 11) is 1.52. The van der Waals surface area contributed by atoms with Crippen molar-refractivity contribution in [1.82, 2.24) is 35.5 Å². The standard InChI is InChI=1S/C30H26FN7O2/c1-39-21-10-17(9-19(31)12-21)23-3-2-4-25-28(23)36-30(35-25)29-24-13-26(34-16-27(24)37-38-29)18-11-22(15-33-14-18)40-20-5-7-32-8-6-20/h2-4,9-16,20,32H,5-8H2,1H3,(H,35,36)(H,37,38). The third-order valence-electron chi connectivity index (χ3n) is 7.20. The van der Waals surface area contributed by atoms with Crippen LogP contribution in [0.5, 0.6) is 11.5 Å². The fourth-order valence-electron chi connectivity index (χ4n) is 5.20. The predicted octanol–water partition coefficient (Wildman–Crippen LogP) is 5.51. The minimum atomic E-state index is -0.375. The highest BCUT2D eigenvalue weighted by Crippen LogP contribution is 2.34. The number of imidazole rings is 1. The van der Waals surface area contributed by atoms with Gasteiger partial charge in [-0.15, -0.1) is 0 Å². The van der Waals surface area contributed by atoms with Gasteiger partial charge in [0.2, 0.25) is 0 Å². The lowest BCUT2D eigenvalue weighted by molar-refractivity contribution is 0.162. The molecule has 1 saturated heterocycles. The van der Waals surface area contributed by atoms with E-state index in [9.17, 15) is 4.39 Å². The number of rotatable bonds is 6. The van der Waals surface area contributed by atoms with E-state index >= 15 is 0 Å². The SMILES string of the molecule is COc1cc(F)cc(-c2cccc3[nH]c(-c4n[nH]c5cnc(-c6cncc(OC7CCNCC7)c6)cc45)nc23)c1. The quantitative estimate of drug-likeness (QED) is 0.258. The van der Waals surface area contributed by atoms with Crippen LogP contribution >= 0.6 is 0 Å². The fourth-order valence-corrected chi connectivity index (χ4v) is 5.20. The molecule has 0 unspecified atom stereocenters. The Morgan fingerprint density at radius 1 is 0.925 bits per heavy atom. The highest BCUT2D eigenvalue weighted by atomic mass is 19.1. The molecule has 9 nitrogen and oxygen atoms in total. The van der Waals surface area contributed by atoms with Crippen molar-refractivity contribution in [2.75, 3.05) is 20.2 Å². The van der Waals surface area contributed by atoms with Gasteiger partial charge in [0.25, 0.3) is 0 Å². The zero-order chi connectivity index (χ0) is 27.1. The van der Waals surface area contributed by atoms with Crippen LogP contribution in [0.25, 0.3) is 55.8 Å². The Morgan fingerprint density at radius 3 is 2.67 bits per heavy atom. The highest BCUT2D eigenvalue weighted by Gasteiger charge is 2.18. The average molecular weight is 536 g/mol. The van der Waals surface area contributed by atoms with E-state index in [1.165, 1.54) is 19.2 Å². The first-order valence-corrected chi connectivity index (χ1v) is 13.2. The van der Waals surface area contributed by atoms with Crippen LogP contribution in [0, 0.1) is 5.82 Å². The highest BCUT2D eigenvalue weighted by molar-refractivity contribution is 5.97. The molecule has 0 bridgehead atoms. The van der Waals surface area contributed by atoms with Gasteiger partial charge in [-0.25, -0.2) is 9.37 Å². The van der Waals surface area contributed by atoms with E-state index in [0.29, 0.717) is 28.3 Å². The molecule has 1 fully saturated rings. The van der Waals surface area contributed by atoms with Crippen molar-refractivity contribution in [2.24, 2.45) is 0 Å². The summed E-state index contributed by atoms with van der Waals surface area (Å²) in [5, 5.41) is 11.8. The first kappa shape index (κ1) is 24.2. The minimum absolute atomic E-state index is 0.181. The van der Waals surface area contributed by atoms with Gasteiger partial charge >= 0.3 is 0 Å². The number of fused-ring (bicyclic) bond motifs is 2. The molecule has 1 aliphatic heterocycles. The number of benzene rings is 2.